The maximum atomic E-state index is 10.1. The topological polar surface area (TPSA) is 33.1 Å². The summed E-state index contributed by atoms with van der Waals surface area (Å²) in [4.78, 5) is 4.37. The summed E-state index contributed by atoms with van der Waals surface area (Å²) in [7, 11) is 0. The number of aliphatic hydroxyl groups is 1. The Morgan fingerprint density at radius 3 is 2.88 bits per heavy atom. The minimum absolute atomic E-state index is 0.376. The van der Waals surface area contributed by atoms with E-state index in [1.807, 2.05) is 30.3 Å². The van der Waals surface area contributed by atoms with Gasteiger partial charge < -0.3 is 5.11 Å². The van der Waals surface area contributed by atoms with Gasteiger partial charge in [-0.15, -0.1) is 0 Å². The van der Waals surface area contributed by atoms with Crippen LogP contribution in [0.2, 0.25) is 0 Å². The lowest BCUT2D eigenvalue weighted by molar-refractivity contribution is 0.163. The molecular formula is C15H19NO. The van der Waals surface area contributed by atoms with Crippen molar-refractivity contribution < 1.29 is 5.11 Å². The minimum atomic E-state index is -0.376. The first-order valence-electron chi connectivity index (χ1n) is 6.34. The third-order valence-corrected chi connectivity index (χ3v) is 3.08. The van der Waals surface area contributed by atoms with Crippen LogP contribution in [0.15, 0.2) is 36.5 Å². The molecule has 0 bridgehead atoms. The van der Waals surface area contributed by atoms with E-state index in [9.17, 15) is 5.11 Å². The summed E-state index contributed by atoms with van der Waals surface area (Å²) in [6.07, 6.45) is 5.68. The van der Waals surface area contributed by atoms with Crippen molar-refractivity contribution >= 4 is 10.9 Å². The minimum Gasteiger partial charge on any atom is -0.388 e. The van der Waals surface area contributed by atoms with Gasteiger partial charge in [-0.1, -0.05) is 44.4 Å². The van der Waals surface area contributed by atoms with Gasteiger partial charge in [0.2, 0.25) is 0 Å². The number of aliphatic hydroxyl groups excluding tert-OH is 1. The molecule has 1 heterocycles. The Labute approximate surface area is 102 Å². The zero-order chi connectivity index (χ0) is 12.1. The number of pyridine rings is 1. The van der Waals surface area contributed by atoms with E-state index in [0.29, 0.717) is 0 Å². The van der Waals surface area contributed by atoms with Gasteiger partial charge in [-0.2, -0.15) is 0 Å². The first kappa shape index (κ1) is 12.1. The molecule has 1 aromatic carbocycles. The molecule has 0 saturated carbocycles. The third kappa shape index (κ3) is 3.04. The Balaban J connectivity index is 2.12. The molecule has 2 aromatic rings. The Bertz CT molecular complexity index is 481. The number of hydrogen-bond donors (Lipinski definition) is 1. The van der Waals surface area contributed by atoms with Crippen molar-refractivity contribution in [2.24, 2.45) is 0 Å². The van der Waals surface area contributed by atoms with Crippen molar-refractivity contribution in [1.82, 2.24) is 4.98 Å². The molecule has 0 aliphatic carbocycles. The smallest absolute Gasteiger partial charge is 0.0805 e. The predicted molar refractivity (Wildman–Crippen MR) is 70.8 cm³/mol. The lowest BCUT2D eigenvalue weighted by Crippen LogP contribution is -1.98. The van der Waals surface area contributed by atoms with Crippen LogP contribution in [0.4, 0.5) is 0 Å². The molecule has 1 aromatic heterocycles. The van der Waals surface area contributed by atoms with Crippen molar-refractivity contribution in [2.75, 3.05) is 0 Å². The molecule has 1 atom stereocenters. The van der Waals surface area contributed by atoms with Gasteiger partial charge in [-0.3, -0.25) is 4.98 Å². The number of nitrogens with zero attached hydrogens (tertiary/aromatic N) is 1. The summed E-state index contributed by atoms with van der Waals surface area (Å²) in [6, 6.07) is 10.0. The molecule has 2 heteroatoms. The monoisotopic (exact) mass is 229 g/mol. The highest BCUT2D eigenvalue weighted by molar-refractivity contribution is 5.78. The second-order valence-electron chi connectivity index (χ2n) is 4.47. The number of fused-ring (bicyclic) bond motifs is 1. The highest BCUT2D eigenvalue weighted by Crippen LogP contribution is 2.22. The van der Waals surface area contributed by atoms with Crippen LogP contribution in [0.1, 0.15) is 44.3 Å². The molecule has 0 saturated heterocycles. The average molecular weight is 229 g/mol. The van der Waals surface area contributed by atoms with Crippen molar-refractivity contribution in [3.05, 3.63) is 42.1 Å². The van der Waals surface area contributed by atoms with E-state index < -0.39 is 0 Å². The molecule has 1 unspecified atom stereocenters. The molecule has 0 aliphatic rings. The first-order chi connectivity index (χ1) is 8.31. The Kier molecular flexibility index (Phi) is 4.10. The largest absolute Gasteiger partial charge is 0.388 e. The summed E-state index contributed by atoms with van der Waals surface area (Å²) in [5.41, 5.74) is 1.91. The summed E-state index contributed by atoms with van der Waals surface area (Å²) in [5.74, 6) is 0. The molecule has 2 rings (SSSR count). The van der Waals surface area contributed by atoms with Gasteiger partial charge in [-0.05, 0) is 24.1 Å². The van der Waals surface area contributed by atoms with Crippen LogP contribution < -0.4 is 0 Å². The SMILES string of the molecule is CCCCCC(O)c1cnc2ccccc2c1. The van der Waals surface area contributed by atoms with Crippen LogP contribution in [-0.4, -0.2) is 10.1 Å². The zero-order valence-corrected chi connectivity index (χ0v) is 10.3. The summed E-state index contributed by atoms with van der Waals surface area (Å²) in [5, 5.41) is 11.2. The number of benzene rings is 1. The average Bonchev–Trinajstić information content (AvgIpc) is 2.38. The quantitative estimate of drug-likeness (QED) is 0.790. The second kappa shape index (κ2) is 5.78. The van der Waals surface area contributed by atoms with E-state index in [1.54, 1.807) is 6.20 Å². The molecule has 0 radical (unpaired) electrons. The number of rotatable bonds is 5. The molecule has 0 fully saturated rings. The molecule has 0 aliphatic heterocycles. The highest BCUT2D eigenvalue weighted by atomic mass is 16.3. The van der Waals surface area contributed by atoms with E-state index in [2.05, 4.69) is 11.9 Å². The Morgan fingerprint density at radius 1 is 1.24 bits per heavy atom. The molecular weight excluding hydrogens is 210 g/mol. The summed E-state index contributed by atoms with van der Waals surface area (Å²) < 4.78 is 0. The molecule has 2 nitrogen and oxygen atoms in total. The third-order valence-electron chi connectivity index (χ3n) is 3.08. The van der Waals surface area contributed by atoms with E-state index in [0.717, 1.165) is 29.3 Å². The van der Waals surface area contributed by atoms with Gasteiger partial charge in [0, 0.05) is 11.6 Å². The predicted octanol–water partition coefficient (Wildman–Crippen LogP) is 3.85. The number of hydrogen-bond acceptors (Lipinski definition) is 2. The molecule has 0 amide bonds. The van der Waals surface area contributed by atoms with E-state index in [4.69, 9.17) is 0 Å². The van der Waals surface area contributed by atoms with Gasteiger partial charge in [-0.25, -0.2) is 0 Å². The normalized spacial score (nSPS) is 12.8. The van der Waals surface area contributed by atoms with E-state index in [1.165, 1.54) is 12.8 Å². The molecule has 0 spiro atoms. The lowest BCUT2D eigenvalue weighted by atomic mass is 10.0. The number of unbranched alkanes of at least 4 members (excludes halogenated alkanes) is 2. The standard InChI is InChI=1S/C15H19NO/c1-2-3-4-9-15(17)13-10-12-7-5-6-8-14(12)16-11-13/h5-8,10-11,15,17H,2-4,9H2,1H3. The summed E-state index contributed by atoms with van der Waals surface area (Å²) >= 11 is 0. The van der Waals surface area contributed by atoms with Crippen LogP contribution in [0.25, 0.3) is 10.9 Å². The van der Waals surface area contributed by atoms with Crippen molar-refractivity contribution in [1.29, 1.82) is 0 Å². The van der Waals surface area contributed by atoms with Gasteiger partial charge in [0.1, 0.15) is 0 Å². The number of para-hydroxylation sites is 1. The molecule has 90 valence electrons. The van der Waals surface area contributed by atoms with Gasteiger partial charge in [0.05, 0.1) is 11.6 Å². The van der Waals surface area contributed by atoms with E-state index >= 15 is 0 Å². The van der Waals surface area contributed by atoms with Crippen LogP contribution in [-0.2, 0) is 0 Å². The lowest BCUT2D eigenvalue weighted by Gasteiger charge is -2.10. The van der Waals surface area contributed by atoms with Crippen LogP contribution in [0, 0.1) is 0 Å². The maximum absolute atomic E-state index is 10.1. The zero-order valence-electron chi connectivity index (χ0n) is 10.3. The maximum Gasteiger partial charge on any atom is 0.0805 e. The fraction of sp³-hybridized carbons (Fsp3) is 0.400. The van der Waals surface area contributed by atoms with E-state index in [-0.39, 0.29) is 6.10 Å². The van der Waals surface area contributed by atoms with Gasteiger partial charge >= 0.3 is 0 Å². The second-order valence-corrected chi connectivity index (χ2v) is 4.47. The fourth-order valence-electron chi connectivity index (χ4n) is 2.02. The first-order valence-corrected chi connectivity index (χ1v) is 6.34. The Hall–Kier alpha value is -1.41. The molecule has 17 heavy (non-hydrogen) atoms. The van der Waals surface area contributed by atoms with Crippen molar-refractivity contribution in [3.8, 4) is 0 Å². The van der Waals surface area contributed by atoms with Crippen molar-refractivity contribution in [3.63, 3.8) is 0 Å². The van der Waals surface area contributed by atoms with Gasteiger partial charge in [0.25, 0.3) is 0 Å². The highest BCUT2D eigenvalue weighted by Gasteiger charge is 2.08. The van der Waals surface area contributed by atoms with Crippen LogP contribution >= 0.6 is 0 Å². The van der Waals surface area contributed by atoms with Gasteiger partial charge in [0.15, 0.2) is 0 Å². The number of aromatic nitrogens is 1. The van der Waals surface area contributed by atoms with Crippen LogP contribution in [0.3, 0.4) is 0 Å². The fourth-order valence-corrected chi connectivity index (χ4v) is 2.02. The van der Waals surface area contributed by atoms with Crippen LogP contribution in [0.5, 0.6) is 0 Å². The Morgan fingerprint density at radius 2 is 2.06 bits per heavy atom. The molecule has 1 N–H and O–H groups in total. The van der Waals surface area contributed by atoms with Crippen molar-refractivity contribution in [2.45, 2.75) is 38.7 Å². The summed E-state index contributed by atoms with van der Waals surface area (Å²) in [6.45, 7) is 2.17.